The Morgan fingerprint density at radius 3 is 2.50 bits per heavy atom. The highest BCUT2D eigenvalue weighted by atomic mass is 35.6. The van der Waals surface area contributed by atoms with Gasteiger partial charge in [0.2, 0.25) is 0 Å². The van der Waals surface area contributed by atoms with E-state index in [0.717, 1.165) is 5.92 Å². The molecule has 0 heterocycles. The van der Waals surface area contributed by atoms with E-state index in [-0.39, 0.29) is 0 Å². The van der Waals surface area contributed by atoms with E-state index in [1.54, 1.807) is 0 Å². The molecule has 0 radical (unpaired) electrons. The summed E-state index contributed by atoms with van der Waals surface area (Å²) in [6.45, 7) is 6.44. The molecule has 1 aliphatic rings. The van der Waals surface area contributed by atoms with Gasteiger partial charge in [0.25, 0.3) is 0 Å². The van der Waals surface area contributed by atoms with Crippen LogP contribution in [0, 0.1) is 5.92 Å². The number of hydrogen-bond donors (Lipinski definition) is 0. The first-order chi connectivity index (χ1) is 5.63. The van der Waals surface area contributed by atoms with Crippen molar-refractivity contribution in [3.05, 3.63) is 12.2 Å². The number of rotatable bonds is 0. The van der Waals surface area contributed by atoms with Gasteiger partial charge in [0.15, 0.2) is 0 Å². The second-order valence-electron chi connectivity index (χ2n) is 3.70. The third-order valence-corrected chi connectivity index (χ3v) is 1.74. The molecule has 1 atom stereocenters. The summed E-state index contributed by atoms with van der Waals surface area (Å²) in [6.07, 6.45) is 10.2. The van der Waals surface area contributed by atoms with Crippen LogP contribution in [0.2, 0.25) is 13.1 Å². The van der Waals surface area contributed by atoms with Crippen LogP contribution < -0.4 is 0 Å². The normalized spacial score (nSPS) is 22.9. The largest absolute Gasteiger partial charge is 0.172 e. The second-order valence-corrected chi connectivity index (χ2v) is 8.35. The maximum absolute atomic E-state index is 5.41. The Morgan fingerprint density at radius 1 is 1.33 bits per heavy atom. The molecule has 1 rings (SSSR count). The molecule has 0 saturated heterocycles. The van der Waals surface area contributed by atoms with Gasteiger partial charge in [-0.3, -0.25) is 0 Å². The summed E-state index contributed by atoms with van der Waals surface area (Å²) in [6, 6.07) is 0. The summed E-state index contributed by atoms with van der Waals surface area (Å²) in [7, 11) is -0.667. The van der Waals surface area contributed by atoms with Crippen molar-refractivity contribution < 1.29 is 0 Å². The molecule has 1 unspecified atom stereocenters. The van der Waals surface area contributed by atoms with Crippen molar-refractivity contribution in [2.45, 2.75) is 45.7 Å². The summed E-state index contributed by atoms with van der Waals surface area (Å²) in [5, 5.41) is 0. The van der Waals surface area contributed by atoms with Crippen molar-refractivity contribution in [1.82, 2.24) is 0 Å². The van der Waals surface area contributed by atoms with E-state index in [9.17, 15) is 0 Å². The maximum atomic E-state index is 5.41. The van der Waals surface area contributed by atoms with Crippen molar-refractivity contribution in [2.75, 3.05) is 0 Å². The van der Waals surface area contributed by atoms with Crippen LogP contribution in [0.25, 0.3) is 0 Å². The monoisotopic (exact) mass is 204 g/mol. The summed E-state index contributed by atoms with van der Waals surface area (Å²) < 4.78 is 0. The Labute approximate surface area is 83.3 Å². The van der Waals surface area contributed by atoms with Crippen molar-refractivity contribution >= 4 is 19.2 Å². The predicted octanol–water partition coefficient (Wildman–Crippen LogP) is 3.96. The summed E-state index contributed by atoms with van der Waals surface area (Å²) in [5.74, 6) is 0.845. The number of hydrogen-bond acceptors (Lipinski definition) is 0. The summed E-state index contributed by atoms with van der Waals surface area (Å²) >= 11 is 5.41. The zero-order valence-corrected chi connectivity index (χ0v) is 10.4. The van der Waals surface area contributed by atoms with Gasteiger partial charge in [-0.15, -0.1) is 0 Å². The topological polar surface area (TPSA) is 0 Å². The molecular formula is C10H21ClSi. The Bertz CT molecular complexity index is 118. The van der Waals surface area contributed by atoms with E-state index < -0.39 is 8.11 Å². The first-order valence-corrected chi connectivity index (χ1v) is 8.99. The molecule has 0 aliphatic heterocycles. The summed E-state index contributed by atoms with van der Waals surface area (Å²) in [5.41, 5.74) is 0. The molecule has 72 valence electrons. The lowest BCUT2D eigenvalue weighted by Crippen LogP contribution is -1.84. The lowest BCUT2D eigenvalue weighted by molar-refractivity contribution is 0.605. The molecule has 0 nitrogen and oxygen atoms in total. The van der Waals surface area contributed by atoms with E-state index in [0.29, 0.717) is 0 Å². The summed E-state index contributed by atoms with van der Waals surface area (Å²) in [4.78, 5) is 0. The lowest BCUT2D eigenvalue weighted by atomic mass is 10.1. The molecule has 0 amide bonds. The van der Waals surface area contributed by atoms with Gasteiger partial charge in [-0.25, -0.2) is 0 Å². The van der Waals surface area contributed by atoms with E-state index >= 15 is 0 Å². The fraction of sp³-hybridized carbons (Fsp3) is 0.800. The molecule has 0 bridgehead atoms. The van der Waals surface area contributed by atoms with Gasteiger partial charge in [0.1, 0.15) is 8.11 Å². The predicted molar refractivity (Wildman–Crippen MR) is 61.5 cm³/mol. The highest BCUT2D eigenvalue weighted by Crippen LogP contribution is 2.15. The average Bonchev–Trinajstić information content (AvgIpc) is 2.14. The molecule has 1 aliphatic carbocycles. The van der Waals surface area contributed by atoms with Gasteiger partial charge in [-0.2, -0.15) is 11.1 Å². The van der Waals surface area contributed by atoms with E-state index in [1.165, 1.54) is 25.7 Å². The van der Waals surface area contributed by atoms with Crippen molar-refractivity contribution in [3.8, 4) is 0 Å². The molecule has 0 fully saturated rings. The fourth-order valence-electron chi connectivity index (χ4n) is 1.15. The van der Waals surface area contributed by atoms with Crippen molar-refractivity contribution in [3.63, 3.8) is 0 Å². The molecule has 2 heteroatoms. The minimum absolute atomic E-state index is 0.667. The quantitative estimate of drug-likeness (QED) is 0.318. The van der Waals surface area contributed by atoms with Crippen LogP contribution in [0.5, 0.6) is 0 Å². The highest BCUT2D eigenvalue weighted by molar-refractivity contribution is 7.05. The minimum atomic E-state index is -0.667. The molecule has 0 aromatic heterocycles. The van der Waals surface area contributed by atoms with Crippen LogP contribution in [0.1, 0.15) is 32.6 Å². The number of halogens is 1. The smallest absolute Gasteiger partial charge is 0.134 e. The SMILES string of the molecule is CC1C=CCCCC1.C[SiH](C)Cl. The van der Waals surface area contributed by atoms with Crippen molar-refractivity contribution in [2.24, 2.45) is 5.92 Å². The maximum Gasteiger partial charge on any atom is 0.134 e. The molecule has 0 saturated carbocycles. The van der Waals surface area contributed by atoms with Crippen LogP contribution in [-0.4, -0.2) is 8.11 Å². The van der Waals surface area contributed by atoms with E-state index in [4.69, 9.17) is 11.1 Å². The molecule has 0 aromatic carbocycles. The van der Waals surface area contributed by atoms with Gasteiger partial charge in [-0.1, -0.05) is 38.6 Å². The van der Waals surface area contributed by atoms with Crippen LogP contribution in [0.4, 0.5) is 0 Å². The first kappa shape index (κ1) is 12.2. The highest BCUT2D eigenvalue weighted by Gasteiger charge is 1.98. The standard InChI is InChI=1S/C8H14.C2H7ClSi/c1-8-6-4-2-3-5-7-8;1-4(2)3/h4,6,8H,2-3,5,7H2,1H3;4H,1-2H3. The average molecular weight is 205 g/mol. The fourth-order valence-corrected chi connectivity index (χ4v) is 1.15. The van der Waals surface area contributed by atoms with E-state index in [1.807, 2.05) is 0 Å². The van der Waals surface area contributed by atoms with Gasteiger partial charge < -0.3 is 0 Å². The Hall–Kier alpha value is 0.247. The molecule has 0 spiro atoms. The van der Waals surface area contributed by atoms with E-state index in [2.05, 4.69) is 32.2 Å². The molecule has 0 aromatic rings. The minimum Gasteiger partial charge on any atom is -0.172 e. The van der Waals surface area contributed by atoms with Crippen molar-refractivity contribution in [1.29, 1.82) is 0 Å². The zero-order chi connectivity index (χ0) is 9.40. The molecule has 12 heavy (non-hydrogen) atoms. The molecular weight excluding hydrogens is 184 g/mol. The Kier molecular flexibility index (Phi) is 8.04. The molecule has 0 N–H and O–H groups in total. The number of allylic oxidation sites excluding steroid dienone is 2. The van der Waals surface area contributed by atoms with Crippen LogP contribution in [-0.2, 0) is 0 Å². The lowest BCUT2D eigenvalue weighted by Gasteiger charge is -1.98. The van der Waals surface area contributed by atoms with Gasteiger partial charge in [-0.05, 0) is 25.2 Å². The first-order valence-electron chi connectivity index (χ1n) is 4.93. The third-order valence-electron chi connectivity index (χ3n) is 1.74. The second kappa shape index (κ2) is 7.87. The van der Waals surface area contributed by atoms with Gasteiger partial charge in [0, 0.05) is 0 Å². The van der Waals surface area contributed by atoms with Crippen LogP contribution in [0.3, 0.4) is 0 Å². The zero-order valence-electron chi connectivity index (χ0n) is 8.52. The van der Waals surface area contributed by atoms with Crippen LogP contribution >= 0.6 is 11.1 Å². The Balaban J connectivity index is 0.000000261. The third kappa shape index (κ3) is 10.2. The van der Waals surface area contributed by atoms with Gasteiger partial charge >= 0.3 is 0 Å². The Morgan fingerprint density at radius 2 is 1.92 bits per heavy atom. The van der Waals surface area contributed by atoms with Crippen LogP contribution in [0.15, 0.2) is 12.2 Å². The van der Waals surface area contributed by atoms with Gasteiger partial charge in [0.05, 0.1) is 0 Å².